The van der Waals surface area contributed by atoms with Gasteiger partial charge < -0.3 is 0 Å². The smallest absolute Gasteiger partial charge is 0.167 e. The molecule has 5 heteroatoms. The van der Waals surface area contributed by atoms with Crippen LogP contribution in [0, 0.1) is 0 Å². The first-order valence-electron chi connectivity index (χ1n) is 3.79. The minimum Gasteiger partial charge on any atom is -0.298 e. The predicted octanol–water partition coefficient (Wildman–Crippen LogP) is 2.75. The molecular formula is C9H4Cl2N2O. The Bertz CT molecular complexity index is 513. The molecule has 2 aromatic rings. The number of aldehydes is 1. The number of nitrogens with zero attached hydrogens (tertiary/aromatic N) is 2. The van der Waals surface area contributed by atoms with E-state index in [1.165, 1.54) is 0 Å². The highest BCUT2D eigenvalue weighted by atomic mass is 35.5. The standard InChI is InChI=1S/C9H4Cl2N2O/c10-8-9(11)13-7-5(4-14)2-1-3-6(7)12-8/h1-4H. The molecule has 0 aliphatic carbocycles. The Hall–Kier alpha value is -1.19. The largest absolute Gasteiger partial charge is 0.298 e. The van der Waals surface area contributed by atoms with E-state index in [4.69, 9.17) is 23.2 Å². The number of carbonyl (C=O) groups is 1. The van der Waals surface area contributed by atoms with Gasteiger partial charge >= 0.3 is 0 Å². The second kappa shape index (κ2) is 3.52. The van der Waals surface area contributed by atoms with E-state index < -0.39 is 0 Å². The van der Waals surface area contributed by atoms with Crippen molar-refractivity contribution in [3.8, 4) is 0 Å². The van der Waals surface area contributed by atoms with E-state index in [0.717, 1.165) is 0 Å². The molecule has 0 N–H and O–H groups in total. The number of hydrogen-bond donors (Lipinski definition) is 0. The summed E-state index contributed by atoms with van der Waals surface area (Å²) < 4.78 is 0. The number of aromatic nitrogens is 2. The third-order valence-corrected chi connectivity index (χ3v) is 2.40. The zero-order valence-corrected chi connectivity index (χ0v) is 8.38. The third kappa shape index (κ3) is 1.45. The van der Waals surface area contributed by atoms with Gasteiger partial charge in [-0.25, -0.2) is 9.97 Å². The number of fused-ring (bicyclic) bond motifs is 1. The molecule has 1 heterocycles. The van der Waals surface area contributed by atoms with Gasteiger partial charge in [0.15, 0.2) is 16.6 Å². The molecule has 0 radical (unpaired) electrons. The highest BCUT2D eigenvalue weighted by Gasteiger charge is 2.07. The fraction of sp³-hybridized carbons (Fsp3) is 0. The lowest BCUT2D eigenvalue weighted by atomic mass is 10.2. The molecule has 1 aromatic carbocycles. The third-order valence-electron chi connectivity index (χ3n) is 1.77. The second-order valence-corrected chi connectivity index (χ2v) is 3.35. The van der Waals surface area contributed by atoms with Crippen LogP contribution in [-0.2, 0) is 0 Å². The Morgan fingerprint density at radius 1 is 1.14 bits per heavy atom. The van der Waals surface area contributed by atoms with Crippen LogP contribution in [0.4, 0.5) is 0 Å². The van der Waals surface area contributed by atoms with Crippen LogP contribution in [0.25, 0.3) is 11.0 Å². The maximum absolute atomic E-state index is 10.7. The number of para-hydroxylation sites is 1. The van der Waals surface area contributed by atoms with Crippen LogP contribution >= 0.6 is 23.2 Å². The zero-order valence-electron chi connectivity index (χ0n) is 6.87. The SMILES string of the molecule is O=Cc1cccc2nc(Cl)c(Cl)nc12. The fourth-order valence-electron chi connectivity index (χ4n) is 1.15. The molecule has 0 fully saturated rings. The molecule has 0 aliphatic rings. The van der Waals surface area contributed by atoms with E-state index in [1.54, 1.807) is 18.2 Å². The van der Waals surface area contributed by atoms with E-state index in [9.17, 15) is 4.79 Å². The summed E-state index contributed by atoms with van der Waals surface area (Å²) >= 11 is 11.4. The van der Waals surface area contributed by atoms with Gasteiger partial charge in [0.05, 0.1) is 5.52 Å². The lowest BCUT2D eigenvalue weighted by molar-refractivity contribution is 0.112. The summed E-state index contributed by atoms with van der Waals surface area (Å²) in [7, 11) is 0. The van der Waals surface area contributed by atoms with Gasteiger partial charge in [-0.15, -0.1) is 0 Å². The quantitative estimate of drug-likeness (QED) is 0.703. The first kappa shape index (κ1) is 9.37. The average Bonchev–Trinajstić information content (AvgIpc) is 2.19. The predicted molar refractivity (Wildman–Crippen MR) is 54.9 cm³/mol. The maximum atomic E-state index is 10.7. The van der Waals surface area contributed by atoms with Crippen molar-refractivity contribution in [1.29, 1.82) is 0 Å². The normalized spacial score (nSPS) is 10.4. The van der Waals surface area contributed by atoms with Crippen molar-refractivity contribution >= 4 is 40.5 Å². The van der Waals surface area contributed by atoms with Crippen LogP contribution in [0.5, 0.6) is 0 Å². The molecule has 0 aliphatic heterocycles. The van der Waals surface area contributed by atoms with Gasteiger partial charge in [-0.1, -0.05) is 29.3 Å². The van der Waals surface area contributed by atoms with Gasteiger partial charge in [-0.3, -0.25) is 4.79 Å². The van der Waals surface area contributed by atoms with Crippen LogP contribution in [0.1, 0.15) is 10.4 Å². The maximum Gasteiger partial charge on any atom is 0.167 e. The number of rotatable bonds is 1. The average molecular weight is 227 g/mol. The van der Waals surface area contributed by atoms with Gasteiger partial charge in [-0.2, -0.15) is 0 Å². The molecular weight excluding hydrogens is 223 g/mol. The molecule has 0 unspecified atom stereocenters. The van der Waals surface area contributed by atoms with Crippen molar-refractivity contribution < 1.29 is 4.79 Å². The van der Waals surface area contributed by atoms with Crippen molar-refractivity contribution in [3.05, 3.63) is 34.1 Å². The Morgan fingerprint density at radius 2 is 1.86 bits per heavy atom. The summed E-state index contributed by atoms with van der Waals surface area (Å²) in [4.78, 5) is 18.7. The number of carbonyl (C=O) groups excluding carboxylic acids is 1. The molecule has 0 amide bonds. The van der Waals surface area contributed by atoms with E-state index in [2.05, 4.69) is 9.97 Å². The van der Waals surface area contributed by atoms with Crippen LogP contribution in [0.2, 0.25) is 10.3 Å². The van der Waals surface area contributed by atoms with E-state index in [0.29, 0.717) is 22.9 Å². The van der Waals surface area contributed by atoms with Gasteiger partial charge in [-0.05, 0) is 12.1 Å². The van der Waals surface area contributed by atoms with E-state index >= 15 is 0 Å². The van der Waals surface area contributed by atoms with Crippen molar-refractivity contribution in [1.82, 2.24) is 9.97 Å². The monoisotopic (exact) mass is 226 g/mol. The lowest BCUT2D eigenvalue weighted by Crippen LogP contribution is -1.91. The Labute approximate surface area is 89.7 Å². The molecule has 14 heavy (non-hydrogen) atoms. The summed E-state index contributed by atoms with van der Waals surface area (Å²) in [6.07, 6.45) is 0.710. The molecule has 70 valence electrons. The second-order valence-electron chi connectivity index (χ2n) is 2.64. The summed E-state index contributed by atoms with van der Waals surface area (Å²) in [6.45, 7) is 0. The summed E-state index contributed by atoms with van der Waals surface area (Å²) in [6, 6.07) is 5.08. The van der Waals surface area contributed by atoms with Crippen LogP contribution in [0.15, 0.2) is 18.2 Å². The molecule has 3 nitrogen and oxygen atoms in total. The molecule has 0 bridgehead atoms. The molecule has 0 saturated carbocycles. The summed E-state index contributed by atoms with van der Waals surface area (Å²) in [5, 5.41) is 0.246. The van der Waals surface area contributed by atoms with Crippen molar-refractivity contribution in [3.63, 3.8) is 0 Å². The molecule has 0 saturated heterocycles. The lowest BCUT2D eigenvalue weighted by Gasteiger charge is -2.00. The zero-order chi connectivity index (χ0) is 10.1. The minimum absolute atomic E-state index is 0.105. The minimum atomic E-state index is 0.105. The first-order valence-corrected chi connectivity index (χ1v) is 4.55. The van der Waals surface area contributed by atoms with E-state index in [1.807, 2.05) is 0 Å². The summed E-state index contributed by atoms with van der Waals surface area (Å²) in [5.41, 5.74) is 1.48. The van der Waals surface area contributed by atoms with Crippen molar-refractivity contribution in [2.75, 3.05) is 0 Å². The topological polar surface area (TPSA) is 42.9 Å². The van der Waals surface area contributed by atoms with Gasteiger partial charge in [0.1, 0.15) is 5.52 Å². The van der Waals surface area contributed by atoms with Gasteiger partial charge in [0.25, 0.3) is 0 Å². The van der Waals surface area contributed by atoms with Crippen LogP contribution in [-0.4, -0.2) is 16.3 Å². The molecule has 2 rings (SSSR count). The number of benzene rings is 1. The molecule has 0 spiro atoms. The summed E-state index contributed by atoms with van der Waals surface area (Å²) in [5.74, 6) is 0. The Kier molecular flexibility index (Phi) is 2.35. The molecule has 0 atom stereocenters. The number of hydrogen-bond acceptors (Lipinski definition) is 3. The number of halogens is 2. The van der Waals surface area contributed by atoms with Crippen molar-refractivity contribution in [2.24, 2.45) is 0 Å². The highest BCUT2D eigenvalue weighted by Crippen LogP contribution is 2.22. The first-order chi connectivity index (χ1) is 6.72. The highest BCUT2D eigenvalue weighted by molar-refractivity contribution is 6.40. The van der Waals surface area contributed by atoms with Crippen LogP contribution < -0.4 is 0 Å². The molecule has 1 aromatic heterocycles. The Morgan fingerprint density at radius 3 is 2.57 bits per heavy atom. The van der Waals surface area contributed by atoms with E-state index in [-0.39, 0.29) is 10.3 Å². The van der Waals surface area contributed by atoms with Gasteiger partial charge in [0, 0.05) is 5.56 Å². The van der Waals surface area contributed by atoms with Gasteiger partial charge in [0.2, 0.25) is 0 Å². The van der Waals surface area contributed by atoms with Crippen LogP contribution in [0.3, 0.4) is 0 Å². The fourth-order valence-corrected chi connectivity index (χ4v) is 1.41. The Balaban J connectivity index is 2.88. The van der Waals surface area contributed by atoms with Crippen molar-refractivity contribution in [2.45, 2.75) is 0 Å².